The van der Waals surface area contributed by atoms with Gasteiger partial charge in [0.05, 0.1) is 21.1 Å². The van der Waals surface area contributed by atoms with Gasteiger partial charge in [-0.25, -0.2) is 0 Å². The number of hydrogen-bond donors (Lipinski definition) is 0. The summed E-state index contributed by atoms with van der Waals surface area (Å²) in [5.74, 6) is 0. The molecule has 66 valence electrons. The van der Waals surface area contributed by atoms with E-state index < -0.39 is 0 Å². The Morgan fingerprint density at radius 2 is 1.75 bits per heavy atom. The van der Waals surface area contributed by atoms with Crippen molar-refractivity contribution in [1.29, 1.82) is 0 Å². The fourth-order valence-corrected chi connectivity index (χ4v) is 1.33. The van der Waals surface area contributed by atoms with E-state index in [4.69, 9.17) is 11.6 Å². The Bertz CT molecular complexity index is 263. The molecule has 0 bridgehead atoms. The standard InChI is InChI=1S/C10H15ClN/c1-12(2,3)8-9-6-4-5-7-10(9)11/h4-7H,8H2,1-3H3/q+1. The molecule has 1 aromatic carbocycles. The van der Waals surface area contributed by atoms with Crippen molar-refractivity contribution < 1.29 is 4.48 Å². The van der Waals surface area contributed by atoms with E-state index in [9.17, 15) is 0 Å². The van der Waals surface area contributed by atoms with Gasteiger partial charge in [-0.15, -0.1) is 0 Å². The van der Waals surface area contributed by atoms with Crippen LogP contribution in [-0.4, -0.2) is 25.6 Å². The van der Waals surface area contributed by atoms with Gasteiger partial charge in [0, 0.05) is 10.6 Å². The molecule has 1 nitrogen and oxygen atoms in total. The molecule has 0 aliphatic heterocycles. The highest BCUT2D eigenvalue weighted by Crippen LogP contribution is 2.17. The number of quaternary nitrogens is 1. The van der Waals surface area contributed by atoms with Crippen molar-refractivity contribution in [1.82, 2.24) is 0 Å². The van der Waals surface area contributed by atoms with E-state index in [0.29, 0.717) is 0 Å². The summed E-state index contributed by atoms with van der Waals surface area (Å²) in [5, 5.41) is 0.866. The van der Waals surface area contributed by atoms with Crippen molar-refractivity contribution in [2.75, 3.05) is 21.1 Å². The summed E-state index contributed by atoms with van der Waals surface area (Å²) >= 11 is 6.02. The summed E-state index contributed by atoms with van der Waals surface area (Å²) in [6.07, 6.45) is 0. The molecule has 0 radical (unpaired) electrons. The van der Waals surface area contributed by atoms with Crippen LogP contribution < -0.4 is 0 Å². The zero-order valence-corrected chi connectivity index (χ0v) is 8.60. The Labute approximate surface area is 79.2 Å². The van der Waals surface area contributed by atoms with E-state index in [0.717, 1.165) is 16.1 Å². The van der Waals surface area contributed by atoms with Crippen LogP contribution in [0.3, 0.4) is 0 Å². The molecule has 12 heavy (non-hydrogen) atoms. The SMILES string of the molecule is C[N+](C)(C)Cc1ccccc1Cl. The van der Waals surface area contributed by atoms with Crippen molar-refractivity contribution in [3.8, 4) is 0 Å². The van der Waals surface area contributed by atoms with Crippen LogP contribution in [0.25, 0.3) is 0 Å². The van der Waals surface area contributed by atoms with Gasteiger partial charge in [-0.3, -0.25) is 0 Å². The van der Waals surface area contributed by atoms with E-state index in [-0.39, 0.29) is 0 Å². The molecule has 0 atom stereocenters. The molecule has 0 heterocycles. The molecule has 0 aliphatic rings. The lowest BCUT2D eigenvalue weighted by Crippen LogP contribution is -2.33. The molecule has 0 spiro atoms. The van der Waals surface area contributed by atoms with Crippen molar-refractivity contribution in [3.63, 3.8) is 0 Å². The summed E-state index contributed by atoms with van der Waals surface area (Å²) in [4.78, 5) is 0. The Morgan fingerprint density at radius 1 is 1.17 bits per heavy atom. The highest BCUT2D eigenvalue weighted by molar-refractivity contribution is 6.31. The number of hydrogen-bond acceptors (Lipinski definition) is 0. The Hall–Kier alpha value is -0.530. The Balaban J connectivity index is 2.83. The molecule has 1 aromatic rings. The average molecular weight is 185 g/mol. The van der Waals surface area contributed by atoms with Gasteiger partial charge in [0.25, 0.3) is 0 Å². The summed E-state index contributed by atoms with van der Waals surface area (Å²) in [6.45, 7) is 0.972. The molecule has 0 aliphatic carbocycles. The monoisotopic (exact) mass is 184 g/mol. The predicted molar refractivity (Wildman–Crippen MR) is 53.2 cm³/mol. The topological polar surface area (TPSA) is 0 Å². The first-order valence-electron chi connectivity index (χ1n) is 4.03. The molecule has 0 amide bonds. The van der Waals surface area contributed by atoms with Gasteiger partial charge in [0.15, 0.2) is 0 Å². The van der Waals surface area contributed by atoms with Gasteiger partial charge in [-0.05, 0) is 6.07 Å². The minimum absolute atomic E-state index is 0.866. The van der Waals surface area contributed by atoms with E-state index in [1.807, 2.05) is 18.2 Å². The van der Waals surface area contributed by atoms with Gasteiger partial charge in [-0.2, -0.15) is 0 Å². The second kappa shape index (κ2) is 3.46. The van der Waals surface area contributed by atoms with Gasteiger partial charge in [0.2, 0.25) is 0 Å². The number of nitrogens with zero attached hydrogens (tertiary/aromatic N) is 1. The third kappa shape index (κ3) is 2.84. The van der Waals surface area contributed by atoms with Crippen LogP contribution in [-0.2, 0) is 6.54 Å². The minimum Gasteiger partial charge on any atom is -0.327 e. The smallest absolute Gasteiger partial charge is 0.105 e. The molecule has 0 N–H and O–H groups in total. The number of benzene rings is 1. The fraction of sp³-hybridized carbons (Fsp3) is 0.400. The lowest BCUT2D eigenvalue weighted by molar-refractivity contribution is -0.883. The first-order chi connectivity index (χ1) is 5.49. The number of rotatable bonds is 2. The Kier molecular flexibility index (Phi) is 2.76. The third-order valence-corrected chi connectivity index (χ3v) is 1.97. The highest BCUT2D eigenvalue weighted by Gasteiger charge is 2.10. The van der Waals surface area contributed by atoms with Crippen molar-refractivity contribution in [2.45, 2.75) is 6.54 Å². The molecule has 1 rings (SSSR count). The van der Waals surface area contributed by atoms with Gasteiger partial charge in [0.1, 0.15) is 6.54 Å². The van der Waals surface area contributed by atoms with E-state index in [1.165, 1.54) is 5.56 Å². The fourth-order valence-electron chi connectivity index (χ4n) is 1.14. The largest absolute Gasteiger partial charge is 0.327 e. The molecule has 0 fully saturated rings. The molecule has 0 saturated carbocycles. The molecular weight excluding hydrogens is 170 g/mol. The third-order valence-electron chi connectivity index (χ3n) is 1.60. The van der Waals surface area contributed by atoms with Crippen molar-refractivity contribution in [3.05, 3.63) is 34.9 Å². The lowest BCUT2D eigenvalue weighted by atomic mass is 10.2. The zero-order chi connectivity index (χ0) is 9.19. The Morgan fingerprint density at radius 3 is 2.25 bits per heavy atom. The summed E-state index contributed by atoms with van der Waals surface area (Å²) in [5.41, 5.74) is 1.21. The van der Waals surface area contributed by atoms with Crippen LogP contribution in [0.2, 0.25) is 5.02 Å². The normalized spacial score (nSPS) is 11.7. The number of halogens is 1. The van der Waals surface area contributed by atoms with Gasteiger partial charge < -0.3 is 4.48 Å². The van der Waals surface area contributed by atoms with E-state index in [1.54, 1.807) is 0 Å². The molecule has 2 heteroatoms. The first kappa shape index (κ1) is 9.56. The maximum absolute atomic E-state index is 6.02. The maximum Gasteiger partial charge on any atom is 0.105 e. The van der Waals surface area contributed by atoms with Crippen LogP contribution >= 0.6 is 11.6 Å². The predicted octanol–water partition coefficient (Wildman–Crippen LogP) is 2.55. The zero-order valence-electron chi connectivity index (χ0n) is 7.84. The minimum atomic E-state index is 0.866. The first-order valence-corrected chi connectivity index (χ1v) is 4.41. The lowest BCUT2D eigenvalue weighted by Gasteiger charge is -2.24. The van der Waals surface area contributed by atoms with Crippen LogP contribution in [0.15, 0.2) is 24.3 Å². The molecule has 0 unspecified atom stereocenters. The van der Waals surface area contributed by atoms with E-state index >= 15 is 0 Å². The van der Waals surface area contributed by atoms with E-state index in [2.05, 4.69) is 27.2 Å². The second-order valence-electron chi connectivity index (χ2n) is 4.04. The summed E-state index contributed by atoms with van der Waals surface area (Å²) in [6, 6.07) is 8.00. The molecule has 0 aromatic heterocycles. The van der Waals surface area contributed by atoms with Crippen LogP contribution in [0, 0.1) is 0 Å². The molecule has 0 saturated heterocycles. The maximum atomic E-state index is 6.02. The second-order valence-corrected chi connectivity index (χ2v) is 4.45. The van der Waals surface area contributed by atoms with Crippen LogP contribution in [0.1, 0.15) is 5.56 Å². The summed E-state index contributed by atoms with van der Waals surface area (Å²) < 4.78 is 0.906. The average Bonchev–Trinajstić information content (AvgIpc) is 1.91. The highest BCUT2D eigenvalue weighted by atomic mass is 35.5. The van der Waals surface area contributed by atoms with Crippen molar-refractivity contribution >= 4 is 11.6 Å². The van der Waals surface area contributed by atoms with Gasteiger partial charge in [-0.1, -0.05) is 29.8 Å². The van der Waals surface area contributed by atoms with Crippen LogP contribution in [0.5, 0.6) is 0 Å². The van der Waals surface area contributed by atoms with Crippen LogP contribution in [0.4, 0.5) is 0 Å². The quantitative estimate of drug-likeness (QED) is 0.620. The van der Waals surface area contributed by atoms with Crippen molar-refractivity contribution in [2.24, 2.45) is 0 Å². The van der Waals surface area contributed by atoms with Gasteiger partial charge >= 0.3 is 0 Å². The molecular formula is C10H15ClN+. The summed E-state index contributed by atoms with van der Waals surface area (Å²) in [7, 11) is 6.47.